The van der Waals surface area contributed by atoms with Crippen molar-refractivity contribution in [2.45, 2.75) is 13.8 Å². The molecule has 138 valence electrons. The fourth-order valence-electron chi connectivity index (χ4n) is 2.16. The van der Waals surface area contributed by atoms with Gasteiger partial charge >= 0.3 is 18.0 Å². The largest absolute Gasteiger partial charge is 0.462 e. The number of esters is 2. The van der Waals surface area contributed by atoms with Crippen LogP contribution in [0, 0.1) is 0 Å². The Morgan fingerprint density at radius 2 is 1.65 bits per heavy atom. The molecule has 1 N–H and O–H groups in total. The van der Waals surface area contributed by atoms with E-state index in [2.05, 4.69) is 5.32 Å². The van der Waals surface area contributed by atoms with E-state index in [1.165, 1.54) is 32.0 Å². The van der Waals surface area contributed by atoms with E-state index >= 15 is 0 Å². The summed E-state index contributed by atoms with van der Waals surface area (Å²) in [7, 11) is 0. The summed E-state index contributed by atoms with van der Waals surface area (Å²) in [6.07, 6.45) is 0. The maximum Gasteiger partial charge on any atom is 0.347 e. The van der Waals surface area contributed by atoms with Gasteiger partial charge in [0.05, 0.1) is 23.9 Å². The van der Waals surface area contributed by atoms with E-state index in [9.17, 15) is 19.2 Å². The first-order chi connectivity index (χ1) is 12.3. The van der Waals surface area contributed by atoms with Crippen molar-refractivity contribution in [1.82, 2.24) is 5.32 Å². The number of nitrogens with one attached hydrogen (secondary N) is 1. The zero-order chi connectivity index (χ0) is 19.4. The molecule has 0 saturated carbocycles. The summed E-state index contributed by atoms with van der Waals surface area (Å²) < 4.78 is 9.57. The van der Waals surface area contributed by atoms with Crippen molar-refractivity contribution in [3.63, 3.8) is 0 Å². The number of carbonyl (C=O) groups is 4. The van der Waals surface area contributed by atoms with Gasteiger partial charge in [-0.2, -0.15) is 0 Å². The highest BCUT2D eigenvalue weighted by Crippen LogP contribution is 2.32. The molecule has 0 bridgehead atoms. The molecule has 0 aliphatic carbocycles. The Morgan fingerprint density at radius 1 is 1.08 bits per heavy atom. The minimum absolute atomic E-state index is 0.00346. The van der Waals surface area contributed by atoms with Crippen LogP contribution in [0.3, 0.4) is 0 Å². The molecule has 1 aliphatic heterocycles. The summed E-state index contributed by atoms with van der Waals surface area (Å²) in [4.78, 5) is 49.9. The predicted octanol–water partition coefficient (Wildman–Crippen LogP) is 2.43. The highest BCUT2D eigenvalue weighted by Gasteiger charge is 2.42. The summed E-state index contributed by atoms with van der Waals surface area (Å²) in [5, 5.41) is 2.50. The number of anilines is 1. The quantitative estimate of drug-likeness (QED) is 0.267. The highest BCUT2D eigenvalue weighted by atomic mass is 35.5. The molecule has 1 heterocycles. The van der Waals surface area contributed by atoms with Gasteiger partial charge in [0.25, 0.3) is 5.91 Å². The Morgan fingerprint density at radius 3 is 2.19 bits per heavy atom. The smallest absolute Gasteiger partial charge is 0.347 e. The number of amides is 3. The maximum atomic E-state index is 12.7. The van der Waals surface area contributed by atoms with Crippen LogP contribution in [-0.2, 0) is 23.9 Å². The molecular weight excluding hydrogens is 387 g/mol. The number of urea groups is 1. The van der Waals surface area contributed by atoms with Gasteiger partial charge in [0, 0.05) is 5.02 Å². The number of rotatable bonds is 5. The van der Waals surface area contributed by atoms with Gasteiger partial charge in [-0.15, -0.1) is 0 Å². The number of hydrogen-bond acceptors (Lipinski definition) is 6. The zero-order valence-electron chi connectivity index (χ0n) is 13.8. The van der Waals surface area contributed by atoms with Gasteiger partial charge in [-0.1, -0.05) is 23.2 Å². The second kappa shape index (κ2) is 8.20. The number of benzene rings is 1. The van der Waals surface area contributed by atoms with Gasteiger partial charge in [-0.3, -0.25) is 4.79 Å². The lowest BCUT2D eigenvalue weighted by atomic mass is 10.2. The van der Waals surface area contributed by atoms with Crippen LogP contribution in [0.25, 0.3) is 0 Å². The second-order valence-electron chi connectivity index (χ2n) is 4.86. The average Bonchev–Trinajstić information content (AvgIpc) is 2.85. The van der Waals surface area contributed by atoms with Crippen molar-refractivity contribution in [3.05, 3.63) is 39.5 Å². The molecule has 2 rings (SSSR count). The molecule has 0 atom stereocenters. The normalized spacial score (nSPS) is 13.5. The average molecular weight is 401 g/mol. The van der Waals surface area contributed by atoms with Crippen LogP contribution in [0.5, 0.6) is 0 Å². The van der Waals surface area contributed by atoms with Gasteiger partial charge in [-0.25, -0.2) is 19.3 Å². The van der Waals surface area contributed by atoms with Crippen LogP contribution in [-0.4, -0.2) is 37.1 Å². The van der Waals surface area contributed by atoms with E-state index in [-0.39, 0.29) is 28.9 Å². The van der Waals surface area contributed by atoms with E-state index in [0.29, 0.717) is 4.90 Å². The van der Waals surface area contributed by atoms with E-state index in [0.717, 1.165) is 0 Å². The number of hydrogen-bond donors (Lipinski definition) is 1. The molecule has 0 spiro atoms. The number of carbonyl (C=O) groups excluding carboxylic acids is 4. The summed E-state index contributed by atoms with van der Waals surface area (Å²) in [5.74, 6) is -3.14. The highest BCUT2D eigenvalue weighted by molar-refractivity contribution is 6.39. The molecule has 1 saturated heterocycles. The van der Waals surface area contributed by atoms with E-state index in [4.69, 9.17) is 32.7 Å². The van der Waals surface area contributed by atoms with Crippen molar-refractivity contribution in [1.29, 1.82) is 0 Å². The minimum atomic E-state index is -1.09. The van der Waals surface area contributed by atoms with Gasteiger partial charge < -0.3 is 14.8 Å². The molecule has 0 radical (unpaired) electrons. The predicted molar refractivity (Wildman–Crippen MR) is 92.8 cm³/mol. The number of imide groups is 1. The lowest BCUT2D eigenvalue weighted by Gasteiger charge is -2.14. The Kier molecular flexibility index (Phi) is 6.23. The topological polar surface area (TPSA) is 102 Å². The Hall–Kier alpha value is -2.58. The van der Waals surface area contributed by atoms with Gasteiger partial charge in [0.1, 0.15) is 5.70 Å². The third-order valence-corrected chi connectivity index (χ3v) is 3.76. The Bertz CT molecular complexity index is 801. The molecule has 10 heteroatoms. The lowest BCUT2D eigenvalue weighted by Crippen LogP contribution is -2.30. The van der Waals surface area contributed by atoms with Crippen molar-refractivity contribution >= 4 is 52.8 Å². The first kappa shape index (κ1) is 19.7. The van der Waals surface area contributed by atoms with E-state index < -0.39 is 35.1 Å². The molecule has 1 fully saturated rings. The Balaban J connectivity index is 2.55. The standard InChI is InChI=1S/C16H14Cl2N2O6/c1-3-25-14(22)11(15(23)26-4-2)12-13(21)20(16(24)19-12)10-7-8(17)5-6-9(10)18/h5-7H,3-4H2,1-2H3,(H,19,24). The van der Waals surface area contributed by atoms with Crippen molar-refractivity contribution in [2.24, 2.45) is 0 Å². The number of nitrogens with zero attached hydrogens (tertiary/aromatic N) is 1. The third-order valence-electron chi connectivity index (χ3n) is 3.21. The molecule has 1 aromatic rings. The van der Waals surface area contributed by atoms with Gasteiger partial charge in [0.15, 0.2) is 5.57 Å². The molecule has 26 heavy (non-hydrogen) atoms. The van der Waals surface area contributed by atoms with Crippen LogP contribution >= 0.6 is 23.2 Å². The zero-order valence-corrected chi connectivity index (χ0v) is 15.3. The van der Waals surface area contributed by atoms with Crippen LogP contribution < -0.4 is 10.2 Å². The molecule has 1 aromatic carbocycles. The van der Waals surface area contributed by atoms with Crippen LogP contribution in [0.2, 0.25) is 10.0 Å². The maximum absolute atomic E-state index is 12.7. The van der Waals surface area contributed by atoms with Crippen molar-refractivity contribution in [3.8, 4) is 0 Å². The first-order valence-electron chi connectivity index (χ1n) is 7.50. The molecule has 1 aliphatic rings. The number of halogens is 2. The van der Waals surface area contributed by atoms with E-state index in [1.807, 2.05) is 0 Å². The first-order valence-corrected chi connectivity index (χ1v) is 8.26. The lowest BCUT2D eigenvalue weighted by molar-refractivity contribution is -0.147. The molecular formula is C16H14Cl2N2O6. The molecule has 0 unspecified atom stereocenters. The van der Waals surface area contributed by atoms with Crippen LogP contribution in [0.1, 0.15) is 13.8 Å². The van der Waals surface area contributed by atoms with Crippen molar-refractivity contribution < 1.29 is 28.7 Å². The van der Waals surface area contributed by atoms with Crippen LogP contribution in [0.4, 0.5) is 10.5 Å². The molecule has 0 aromatic heterocycles. The van der Waals surface area contributed by atoms with Gasteiger partial charge in [0.2, 0.25) is 0 Å². The van der Waals surface area contributed by atoms with Gasteiger partial charge in [-0.05, 0) is 32.0 Å². The Labute approximate surface area is 158 Å². The monoisotopic (exact) mass is 400 g/mol. The summed E-state index contributed by atoms with van der Waals surface area (Å²) in [5.41, 5.74) is -1.25. The van der Waals surface area contributed by atoms with Crippen molar-refractivity contribution in [2.75, 3.05) is 18.1 Å². The third kappa shape index (κ3) is 3.81. The number of ether oxygens (including phenoxy) is 2. The van der Waals surface area contributed by atoms with E-state index in [1.54, 1.807) is 0 Å². The van der Waals surface area contributed by atoms with Crippen LogP contribution in [0.15, 0.2) is 29.5 Å². The molecule has 8 nitrogen and oxygen atoms in total. The summed E-state index contributed by atoms with van der Waals surface area (Å²) in [6, 6.07) is 3.28. The fraction of sp³-hybridized carbons (Fsp3) is 0.250. The fourth-order valence-corrected chi connectivity index (χ4v) is 2.53. The summed E-state index contributed by atoms with van der Waals surface area (Å²) >= 11 is 11.9. The SMILES string of the molecule is CCOC(=O)C(C(=O)OCC)=C1NC(=O)N(c2cc(Cl)ccc2Cl)C1=O. The second-order valence-corrected chi connectivity index (χ2v) is 5.70. The summed E-state index contributed by atoms with van der Waals surface area (Å²) in [6.45, 7) is 2.97. The molecule has 3 amide bonds. The minimum Gasteiger partial charge on any atom is -0.462 e.